The van der Waals surface area contributed by atoms with Gasteiger partial charge in [0.25, 0.3) is 0 Å². The second kappa shape index (κ2) is 8.40. The van der Waals surface area contributed by atoms with E-state index in [-0.39, 0.29) is 0 Å². The van der Waals surface area contributed by atoms with E-state index in [2.05, 4.69) is 36.1 Å². The summed E-state index contributed by atoms with van der Waals surface area (Å²) >= 11 is 1.69. The van der Waals surface area contributed by atoms with E-state index in [1.165, 1.54) is 0 Å². The van der Waals surface area contributed by atoms with E-state index >= 15 is 0 Å². The van der Waals surface area contributed by atoms with Crippen molar-refractivity contribution in [3.05, 3.63) is 28.2 Å². The zero-order chi connectivity index (χ0) is 13.4. The summed E-state index contributed by atoms with van der Waals surface area (Å²) in [4.78, 5) is 4.53. The van der Waals surface area contributed by atoms with Crippen LogP contribution in [0.4, 0.5) is 0 Å². The van der Waals surface area contributed by atoms with E-state index in [9.17, 15) is 0 Å². The lowest BCUT2D eigenvalue weighted by Gasteiger charge is -2.04. The van der Waals surface area contributed by atoms with Crippen LogP contribution in [-0.2, 0) is 17.9 Å². The van der Waals surface area contributed by atoms with Gasteiger partial charge in [-0.15, -0.1) is 17.9 Å². The number of ether oxygens (including phenoxy) is 1. The van der Waals surface area contributed by atoms with Gasteiger partial charge < -0.3 is 10.1 Å². The molecule has 0 saturated carbocycles. The summed E-state index contributed by atoms with van der Waals surface area (Å²) in [5, 5.41) is 6.60. The molecule has 3 nitrogen and oxygen atoms in total. The van der Waals surface area contributed by atoms with Crippen LogP contribution in [0.1, 0.15) is 37.9 Å². The van der Waals surface area contributed by atoms with Crippen molar-refractivity contribution in [3.63, 3.8) is 0 Å². The molecule has 1 heterocycles. The number of aromatic nitrogens is 1. The highest BCUT2D eigenvalue weighted by atomic mass is 32.1. The van der Waals surface area contributed by atoms with Gasteiger partial charge in [0.05, 0.1) is 18.9 Å². The van der Waals surface area contributed by atoms with Gasteiger partial charge in [-0.1, -0.05) is 19.4 Å². The number of rotatable bonds is 9. The van der Waals surface area contributed by atoms with Crippen molar-refractivity contribution in [1.82, 2.24) is 10.3 Å². The lowest BCUT2D eigenvalue weighted by molar-refractivity contribution is 0.121. The molecule has 102 valence electrons. The van der Waals surface area contributed by atoms with Gasteiger partial charge in [-0.05, 0) is 25.8 Å². The van der Waals surface area contributed by atoms with Gasteiger partial charge in [0.15, 0.2) is 0 Å². The van der Waals surface area contributed by atoms with E-state index in [4.69, 9.17) is 4.74 Å². The Labute approximate surface area is 114 Å². The van der Waals surface area contributed by atoms with Gasteiger partial charge in [-0.2, -0.15) is 0 Å². The smallest absolute Gasteiger partial charge is 0.107 e. The van der Waals surface area contributed by atoms with Crippen LogP contribution in [0.3, 0.4) is 0 Å². The average Bonchev–Trinajstić information content (AvgIpc) is 2.72. The molecule has 4 heteroatoms. The van der Waals surface area contributed by atoms with Gasteiger partial charge in [0, 0.05) is 11.9 Å². The topological polar surface area (TPSA) is 34.1 Å². The van der Waals surface area contributed by atoms with Crippen LogP contribution in [0.5, 0.6) is 0 Å². The molecule has 0 aromatic carbocycles. The van der Waals surface area contributed by atoms with Crippen LogP contribution in [0.25, 0.3) is 0 Å². The van der Waals surface area contributed by atoms with Crippen molar-refractivity contribution in [3.8, 4) is 0 Å². The Hall–Kier alpha value is -0.710. The summed E-state index contributed by atoms with van der Waals surface area (Å²) in [5.41, 5.74) is 2.19. The first kappa shape index (κ1) is 15.3. The second-order valence-electron chi connectivity index (χ2n) is 5.02. The number of hydrogen-bond acceptors (Lipinski definition) is 4. The van der Waals surface area contributed by atoms with Crippen LogP contribution >= 0.6 is 11.3 Å². The third kappa shape index (κ3) is 6.89. The maximum Gasteiger partial charge on any atom is 0.107 e. The third-order valence-electron chi connectivity index (χ3n) is 2.35. The van der Waals surface area contributed by atoms with Gasteiger partial charge in [0.1, 0.15) is 5.01 Å². The molecule has 0 aliphatic carbocycles. The van der Waals surface area contributed by atoms with E-state index in [0.29, 0.717) is 12.5 Å². The standard InChI is InChI=1S/C14H24N2OS/c1-11(2)5-6-17-9-13-10-18-14(16-13)8-15-7-12(3)4/h10,12,15H,1,5-9H2,2-4H3. The highest BCUT2D eigenvalue weighted by Gasteiger charge is 2.02. The lowest BCUT2D eigenvalue weighted by Crippen LogP contribution is -2.18. The first-order chi connectivity index (χ1) is 8.58. The number of hydrogen-bond donors (Lipinski definition) is 1. The van der Waals surface area contributed by atoms with Crippen LogP contribution in [0, 0.1) is 5.92 Å². The summed E-state index contributed by atoms with van der Waals surface area (Å²) in [6, 6.07) is 0. The molecule has 18 heavy (non-hydrogen) atoms. The maximum absolute atomic E-state index is 5.55. The molecule has 1 aromatic rings. The summed E-state index contributed by atoms with van der Waals surface area (Å²) in [6.45, 7) is 13.5. The fourth-order valence-corrected chi connectivity index (χ4v) is 2.14. The van der Waals surface area contributed by atoms with Crippen LogP contribution in [0.2, 0.25) is 0 Å². The Morgan fingerprint density at radius 1 is 1.56 bits per heavy atom. The fourth-order valence-electron chi connectivity index (χ4n) is 1.39. The highest BCUT2D eigenvalue weighted by molar-refractivity contribution is 7.09. The second-order valence-corrected chi connectivity index (χ2v) is 5.96. The molecule has 0 atom stereocenters. The van der Waals surface area contributed by atoms with E-state index in [0.717, 1.165) is 42.4 Å². The summed E-state index contributed by atoms with van der Waals surface area (Å²) in [6.07, 6.45) is 0.924. The molecular weight excluding hydrogens is 244 g/mol. The minimum atomic E-state index is 0.605. The molecule has 0 aliphatic rings. The molecular formula is C14H24N2OS. The van der Waals surface area contributed by atoms with Crippen LogP contribution < -0.4 is 5.32 Å². The van der Waals surface area contributed by atoms with Gasteiger partial charge in [-0.3, -0.25) is 0 Å². The Kier molecular flexibility index (Phi) is 7.16. The molecule has 0 radical (unpaired) electrons. The number of thiazole rings is 1. The van der Waals surface area contributed by atoms with Crippen molar-refractivity contribution in [1.29, 1.82) is 0 Å². The van der Waals surface area contributed by atoms with Gasteiger partial charge in [-0.25, -0.2) is 4.98 Å². The summed E-state index contributed by atoms with van der Waals surface area (Å²) in [5.74, 6) is 0.676. The zero-order valence-electron chi connectivity index (χ0n) is 11.7. The monoisotopic (exact) mass is 268 g/mol. The van der Waals surface area contributed by atoms with Crippen molar-refractivity contribution in [2.45, 2.75) is 40.3 Å². The minimum Gasteiger partial charge on any atom is -0.375 e. The van der Waals surface area contributed by atoms with Crippen molar-refractivity contribution >= 4 is 11.3 Å². The molecule has 1 rings (SSSR count). The lowest BCUT2D eigenvalue weighted by atomic mass is 10.2. The minimum absolute atomic E-state index is 0.605. The van der Waals surface area contributed by atoms with Crippen molar-refractivity contribution < 1.29 is 4.74 Å². The molecule has 0 aliphatic heterocycles. The van der Waals surface area contributed by atoms with Gasteiger partial charge >= 0.3 is 0 Å². The molecule has 0 saturated heterocycles. The summed E-state index contributed by atoms with van der Waals surface area (Å²) < 4.78 is 5.55. The fraction of sp³-hybridized carbons (Fsp3) is 0.643. The molecule has 1 aromatic heterocycles. The SMILES string of the molecule is C=C(C)CCOCc1csc(CNCC(C)C)n1. The largest absolute Gasteiger partial charge is 0.375 e. The van der Waals surface area contributed by atoms with Gasteiger partial charge in [0.2, 0.25) is 0 Å². The molecule has 0 amide bonds. The molecule has 1 N–H and O–H groups in total. The van der Waals surface area contributed by atoms with E-state index in [1.807, 2.05) is 6.92 Å². The van der Waals surface area contributed by atoms with Crippen LogP contribution in [0.15, 0.2) is 17.5 Å². The number of nitrogens with one attached hydrogen (secondary N) is 1. The average molecular weight is 268 g/mol. The molecule has 0 bridgehead atoms. The summed E-state index contributed by atoms with van der Waals surface area (Å²) in [7, 11) is 0. The third-order valence-corrected chi connectivity index (χ3v) is 3.25. The zero-order valence-corrected chi connectivity index (χ0v) is 12.5. The quantitative estimate of drug-likeness (QED) is 0.551. The van der Waals surface area contributed by atoms with E-state index < -0.39 is 0 Å². The Bertz CT molecular complexity index is 360. The van der Waals surface area contributed by atoms with Crippen LogP contribution in [-0.4, -0.2) is 18.1 Å². The normalized spacial score (nSPS) is 11.1. The Morgan fingerprint density at radius 2 is 2.33 bits per heavy atom. The van der Waals surface area contributed by atoms with Crippen molar-refractivity contribution in [2.24, 2.45) is 5.92 Å². The Morgan fingerprint density at radius 3 is 3.00 bits per heavy atom. The number of nitrogens with zero attached hydrogens (tertiary/aromatic N) is 1. The van der Waals surface area contributed by atoms with Crippen molar-refractivity contribution in [2.75, 3.05) is 13.2 Å². The predicted octanol–water partition coefficient (Wildman–Crippen LogP) is 3.37. The van der Waals surface area contributed by atoms with E-state index in [1.54, 1.807) is 11.3 Å². The highest BCUT2D eigenvalue weighted by Crippen LogP contribution is 2.11. The predicted molar refractivity (Wildman–Crippen MR) is 77.7 cm³/mol. The molecule has 0 fully saturated rings. The maximum atomic E-state index is 5.55. The first-order valence-electron chi connectivity index (χ1n) is 6.44. The molecule has 0 spiro atoms. The first-order valence-corrected chi connectivity index (χ1v) is 7.32. The molecule has 0 unspecified atom stereocenters. The Balaban J connectivity index is 2.19.